The maximum absolute atomic E-state index is 11.5. The number of rotatable bonds is 4. The van der Waals surface area contributed by atoms with E-state index in [0.717, 1.165) is 11.8 Å². The Hall–Kier alpha value is -1.44. The number of carbonyl (C=O) groups excluding carboxylic acids is 1. The van der Waals surface area contributed by atoms with Gasteiger partial charge in [-0.2, -0.15) is 0 Å². The van der Waals surface area contributed by atoms with E-state index in [4.69, 9.17) is 11.6 Å². The number of nitrogens with one attached hydrogen (secondary N) is 1. The molecule has 0 saturated heterocycles. The molecule has 1 aromatic heterocycles. The zero-order chi connectivity index (χ0) is 14.8. The third-order valence-corrected chi connectivity index (χ3v) is 4.15. The van der Waals surface area contributed by atoms with E-state index in [9.17, 15) is 13.2 Å². The van der Waals surface area contributed by atoms with Crippen molar-refractivity contribution < 1.29 is 13.2 Å². The number of nitrogens with zero attached hydrogens (tertiary/aromatic N) is 1. The first-order valence-corrected chi connectivity index (χ1v) is 8.70. The lowest BCUT2D eigenvalue weighted by atomic mass is 10.2. The molecule has 0 aliphatic heterocycles. The fourth-order valence-electron chi connectivity index (χ4n) is 1.55. The van der Waals surface area contributed by atoms with Crippen LogP contribution in [0.4, 0.5) is 0 Å². The van der Waals surface area contributed by atoms with E-state index in [1.165, 1.54) is 11.3 Å². The van der Waals surface area contributed by atoms with Gasteiger partial charge in [-0.25, -0.2) is 13.4 Å². The van der Waals surface area contributed by atoms with Crippen LogP contribution in [-0.4, -0.2) is 25.6 Å². The molecule has 20 heavy (non-hydrogen) atoms. The molecular formula is C12H11ClN2O3S2. The van der Waals surface area contributed by atoms with E-state index < -0.39 is 15.9 Å². The largest absolute Gasteiger partial charge is 0.274 e. The number of benzene rings is 1. The summed E-state index contributed by atoms with van der Waals surface area (Å²) < 4.78 is 23.8. The highest BCUT2D eigenvalue weighted by atomic mass is 35.5. The first-order chi connectivity index (χ1) is 9.35. The molecule has 0 atom stereocenters. The van der Waals surface area contributed by atoms with Crippen molar-refractivity contribution in [2.45, 2.75) is 6.42 Å². The van der Waals surface area contributed by atoms with Gasteiger partial charge in [0.15, 0.2) is 0 Å². The maximum atomic E-state index is 11.5. The van der Waals surface area contributed by atoms with E-state index in [1.807, 2.05) is 22.9 Å². The summed E-state index contributed by atoms with van der Waals surface area (Å²) in [5, 5.41) is 2.98. The van der Waals surface area contributed by atoms with Crippen molar-refractivity contribution in [3.05, 3.63) is 40.4 Å². The van der Waals surface area contributed by atoms with Crippen LogP contribution in [0.1, 0.15) is 5.69 Å². The number of amides is 1. The monoisotopic (exact) mass is 330 g/mol. The summed E-state index contributed by atoms with van der Waals surface area (Å²) in [5.74, 6) is -0.608. The molecule has 2 rings (SSSR count). The Morgan fingerprint density at radius 2 is 2.10 bits per heavy atom. The van der Waals surface area contributed by atoms with E-state index in [2.05, 4.69) is 4.98 Å². The minimum Gasteiger partial charge on any atom is -0.274 e. The molecule has 0 saturated carbocycles. The van der Waals surface area contributed by atoms with Gasteiger partial charge in [-0.05, 0) is 6.07 Å². The van der Waals surface area contributed by atoms with Crippen molar-refractivity contribution in [1.82, 2.24) is 9.71 Å². The average molecular weight is 331 g/mol. The molecule has 1 amide bonds. The Morgan fingerprint density at radius 1 is 1.40 bits per heavy atom. The predicted molar refractivity (Wildman–Crippen MR) is 79.3 cm³/mol. The highest BCUT2D eigenvalue weighted by Crippen LogP contribution is 2.30. The third-order valence-electron chi connectivity index (χ3n) is 2.30. The normalized spacial score (nSPS) is 11.3. The van der Waals surface area contributed by atoms with Crippen LogP contribution in [0.3, 0.4) is 0 Å². The van der Waals surface area contributed by atoms with Gasteiger partial charge in [0.1, 0.15) is 5.01 Å². The van der Waals surface area contributed by atoms with Gasteiger partial charge in [0.2, 0.25) is 15.9 Å². The summed E-state index contributed by atoms with van der Waals surface area (Å²) in [5.41, 5.74) is 1.29. The van der Waals surface area contributed by atoms with Crippen molar-refractivity contribution in [1.29, 1.82) is 0 Å². The molecule has 0 bridgehead atoms. The van der Waals surface area contributed by atoms with Gasteiger partial charge in [-0.15, -0.1) is 11.3 Å². The maximum Gasteiger partial charge on any atom is 0.239 e. The van der Waals surface area contributed by atoms with E-state index in [-0.39, 0.29) is 6.42 Å². The van der Waals surface area contributed by atoms with Crippen LogP contribution in [0.5, 0.6) is 0 Å². The summed E-state index contributed by atoms with van der Waals surface area (Å²) >= 11 is 7.42. The van der Waals surface area contributed by atoms with Gasteiger partial charge >= 0.3 is 0 Å². The minimum absolute atomic E-state index is 0.0893. The van der Waals surface area contributed by atoms with E-state index in [1.54, 1.807) is 11.4 Å². The molecule has 0 fully saturated rings. The SMILES string of the molecule is CS(=O)(=O)NC(=O)Cc1csc(-c2ccccc2Cl)n1. The minimum atomic E-state index is -3.54. The highest BCUT2D eigenvalue weighted by molar-refractivity contribution is 7.89. The second kappa shape index (κ2) is 5.90. The lowest BCUT2D eigenvalue weighted by molar-refractivity contribution is -0.118. The average Bonchev–Trinajstić information content (AvgIpc) is 2.75. The zero-order valence-electron chi connectivity index (χ0n) is 10.5. The van der Waals surface area contributed by atoms with Crippen LogP contribution in [0.15, 0.2) is 29.6 Å². The van der Waals surface area contributed by atoms with Crippen LogP contribution in [0, 0.1) is 0 Å². The molecule has 8 heteroatoms. The van der Waals surface area contributed by atoms with Gasteiger partial charge in [0.25, 0.3) is 0 Å². The molecule has 106 valence electrons. The summed E-state index contributed by atoms with van der Waals surface area (Å²) in [4.78, 5) is 15.8. The van der Waals surface area contributed by atoms with Crippen LogP contribution >= 0.6 is 22.9 Å². The summed E-state index contributed by atoms with van der Waals surface area (Å²) in [6, 6.07) is 7.26. The molecule has 1 N–H and O–H groups in total. The van der Waals surface area contributed by atoms with Gasteiger partial charge in [0.05, 0.1) is 23.4 Å². The van der Waals surface area contributed by atoms with Gasteiger partial charge in [-0.3, -0.25) is 9.52 Å². The Bertz CT molecular complexity index is 741. The van der Waals surface area contributed by atoms with Crippen molar-refractivity contribution >= 4 is 38.9 Å². The Morgan fingerprint density at radius 3 is 2.75 bits per heavy atom. The molecule has 0 unspecified atom stereocenters. The number of halogens is 1. The molecule has 0 radical (unpaired) electrons. The van der Waals surface area contributed by atoms with Crippen LogP contribution in [-0.2, 0) is 21.2 Å². The number of aromatic nitrogens is 1. The second-order valence-electron chi connectivity index (χ2n) is 4.10. The topological polar surface area (TPSA) is 76.1 Å². The van der Waals surface area contributed by atoms with Crippen LogP contribution in [0.25, 0.3) is 10.6 Å². The molecule has 2 aromatic rings. The van der Waals surface area contributed by atoms with Crippen molar-refractivity contribution in [3.63, 3.8) is 0 Å². The first kappa shape index (κ1) is 15.0. The fourth-order valence-corrected chi connectivity index (χ4v) is 3.18. The lowest BCUT2D eigenvalue weighted by Crippen LogP contribution is -2.30. The molecule has 0 aliphatic carbocycles. The third kappa shape index (κ3) is 4.03. The lowest BCUT2D eigenvalue weighted by Gasteiger charge is -2.00. The number of hydrogen-bond donors (Lipinski definition) is 1. The number of thiazole rings is 1. The van der Waals surface area contributed by atoms with Crippen molar-refractivity contribution in [3.8, 4) is 10.6 Å². The molecule has 0 spiro atoms. The van der Waals surface area contributed by atoms with Gasteiger partial charge in [0, 0.05) is 10.9 Å². The summed E-state index contributed by atoms with van der Waals surface area (Å²) in [7, 11) is -3.54. The molecule has 1 heterocycles. The molecule has 0 aliphatic rings. The summed E-state index contributed by atoms with van der Waals surface area (Å²) in [6.45, 7) is 0. The molecular weight excluding hydrogens is 320 g/mol. The first-order valence-electron chi connectivity index (χ1n) is 5.55. The van der Waals surface area contributed by atoms with Crippen molar-refractivity contribution in [2.24, 2.45) is 0 Å². The van der Waals surface area contributed by atoms with Crippen LogP contribution in [0.2, 0.25) is 5.02 Å². The van der Waals surface area contributed by atoms with Crippen LogP contribution < -0.4 is 4.72 Å². The predicted octanol–water partition coefficient (Wildman–Crippen LogP) is 2.08. The zero-order valence-corrected chi connectivity index (χ0v) is 12.8. The quantitative estimate of drug-likeness (QED) is 0.931. The Balaban J connectivity index is 2.14. The Labute approximate surface area is 125 Å². The number of sulfonamides is 1. The highest BCUT2D eigenvalue weighted by Gasteiger charge is 2.13. The smallest absolute Gasteiger partial charge is 0.239 e. The number of hydrogen-bond acceptors (Lipinski definition) is 5. The fraction of sp³-hybridized carbons (Fsp3) is 0.167. The van der Waals surface area contributed by atoms with E-state index in [0.29, 0.717) is 15.7 Å². The molecule has 5 nitrogen and oxygen atoms in total. The summed E-state index contributed by atoms with van der Waals surface area (Å²) in [6.07, 6.45) is 0.842. The van der Waals surface area contributed by atoms with Gasteiger partial charge in [-0.1, -0.05) is 29.8 Å². The number of carbonyl (C=O) groups is 1. The Kier molecular flexibility index (Phi) is 4.42. The van der Waals surface area contributed by atoms with Crippen molar-refractivity contribution in [2.75, 3.05) is 6.26 Å². The van der Waals surface area contributed by atoms with Gasteiger partial charge < -0.3 is 0 Å². The molecule has 1 aromatic carbocycles. The second-order valence-corrected chi connectivity index (χ2v) is 7.11. The standard InChI is InChI=1S/C12H11ClN2O3S2/c1-20(17,18)15-11(16)6-8-7-19-12(14-8)9-4-2-3-5-10(9)13/h2-5,7H,6H2,1H3,(H,15,16). The van der Waals surface area contributed by atoms with E-state index >= 15 is 0 Å².